The second-order valence-corrected chi connectivity index (χ2v) is 3.80. The van der Waals surface area contributed by atoms with Crippen LogP contribution in [0.1, 0.15) is 27.2 Å². The molecular weight excluding hydrogens is 216 g/mol. The van der Waals surface area contributed by atoms with E-state index in [2.05, 4.69) is 4.79 Å². The number of rotatable bonds is 3. The van der Waals surface area contributed by atoms with Gasteiger partial charge < -0.3 is 10.3 Å². The Balaban J connectivity index is 3.16. The Hall–Kier alpha value is -1.93. The van der Waals surface area contributed by atoms with E-state index in [0.29, 0.717) is 11.5 Å². The number of allylic oxidation sites excluding steroid dienone is 5. The SMILES string of the molecule is CCC=CC1=C(OC(C)=O)C=CC(=[N+]=[N-])C1C. The van der Waals surface area contributed by atoms with Crippen LogP contribution in [0, 0.1) is 5.92 Å². The lowest BCUT2D eigenvalue weighted by Gasteiger charge is -2.15. The predicted molar refractivity (Wildman–Crippen MR) is 65.2 cm³/mol. The molecule has 90 valence electrons. The molecule has 4 heteroatoms. The van der Waals surface area contributed by atoms with Gasteiger partial charge in [0.05, 0.1) is 5.92 Å². The molecule has 0 amide bonds. The Kier molecular flexibility index (Phi) is 4.61. The fourth-order valence-corrected chi connectivity index (χ4v) is 1.61. The van der Waals surface area contributed by atoms with Crippen LogP contribution >= 0.6 is 0 Å². The van der Waals surface area contributed by atoms with Gasteiger partial charge in [0.2, 0.25) is 0 Å². The number of carbonyl (C=O) groups excluding carboxylic acids is 1. The van der Waals surface area contributed by atoms with Crippen molar-refractivity contribution in [3.63, 3.8) is 0 Å². The molecule has 0 aromatic rings. The molecule has 0 N–H and O–H groups in total. The molecule has 0 spiro atoms. The number of ether oxygens (including phenoxy) is 1. The van der Waals surface area contributed by atoms with Crippen LogP contribution in [-0.4, -0.2) is 16.5 Å². The van der Waals surface area contributed by atoms with Crippen LogP contribution < -0.4 is 0 Å². The lowest BCUT2D eigenvalue weighted by molar-refractivity contribution is -0.136. The molecule has 1 aliphatic rings. The van der Waals surface area contributed by atoms with Gasteiger partial charge in [-0.1, -0.05) is 19.1 Å². The molecule has 1 rings (SSSR count). The fraction of sp³-hybridized carbons (Fsp3) is 0.385. The van der Waals surface area contributed by atoms with Crippen LogP contribution in [0.2, 0.25) is 0 Å². The molecule has 1 atom stereocenters. The van der Waals surface area contributed by atoms with E-state index in [1.54, 1.807) is 12.2 Å². The molecule has 0 aromatic heterocycles. The summed E-state index contributed by atoms with van der Waals surface area (Å²) in [7, 11) is 0. The molecule has 0 bridgehead atoms. The first-order valence-corrected chi connectivity index (χ1v) is 5.59. The second-order valence-electron chi connectivity index (χ2n) is 3.80. The molecule has 1 aliphatic carbocycles. The van der Waals surface area contributed by atoms with E-state index in [1.165, 1.54) is 6.92 Å². The molecule has 0 aromatic carbocycles. The topological polar surface area (TPSA) is 62.7 Å². The summed E-state index contributed by atoms with van der Waals surface area (Å²) in [6, 6.07) is 0. The van der Waals surface area contributed by atoms with Crippen molar-refractivity contribution in [3.8, 4) is 0 Å². The van der Waals surface area contributed by atoms with Crippen molar-refractivity contribution in [2.45, 2.75) is 27.2 Å². The van der Waals surface area contributed by atoms with Crippen LogP contribution in [0.5, 0.6) is 0 Å². The lowest BCUT2D eigenvalue weighted by Crippen LogP contribution is -2.18. The van der Waals surface area contributed by atoms with E-state index in [4.69, 9.17) is 10.3 Å². The first-order chi connectivity index (χ1) is 8.10. The van der Waals surface area contributed by atoms with Crippen molar-refractivity contribution in [1.82, 2.24) is 0 Å². The van der Waals surface area contributed by atoms with Crippen LogP contribution in [0.4, 0.5) is 0 Å². The summed E-state index contributed by atoms with van der Waals surface area (Å²) in [6.07, 6.45) is 8.05. The highest BCUT2D eigenvalue weighted by atomic mass is 16.5. The maximum absolute atomic E-state index is 11.0. The van der Waals surface area contributed by atoms with Gasteiger partial charge in [-0.05, 0) is 19.4 Å². The Labute approximate surface area is 101 Å². The first kappa shape index (κ1) is 13.1. The number of hydrogen-bond donors (Lipinski definition) is 0. The zero-order valence-electron chi connectivity index (χ0n) is 10.3. The largest absolute Gasteiger partial charge is 0.426 e. The van der Waals surface area contributed by atoms with Gasteiger partial charge in [0.25, 0.3) is 5.71 Å². The molecule has 0 saturated heterocycles. The molecule has 0 aliphatic heterocycles. The van der Waals surface area contributed by atoms with Crippen molar-refractivity contribution < 1.29 is 14.3 Å². The molecule has 1 unspecified atom stereocenters. The van der Waals surface area contributed by atoms with Gasteiger partial charge in [-0.3, -0.25) is 4.79 Å². The minimum Gasteiger partial charge on any atom is -0.426 e. The van der Waals surface area contributed by atoms with E-state index in [9.17, 15) is 4.79 Å². The molecule has 4 nitrogen and oxygen atoms in total. The van der Waals surface area contributed by atoms with Crippen LogP contribution in [0.3, 0.4) is 0 Å². The molecule has 0 radical (unpaired) electrons. The normalized spacial score (nSPS) is 19.7. The summed E-state index contributed by atoms with van der Waals surface area (Å²) >= 11 is 0. The summed E-state index contributed by atoms with van der Waals surface area (Å²) in [4.78, 5) is 14.2. The highest BCUT2D eigenvalue weighted by Crippen LogP contribution is 2.25. The van der Waals surface area contributed by atoms with Crippen LogP contribution in [0.25, 0.3) is 5.53 Å². The molecule has 0 saturated carbocycles. The van der Waals surface area contributed by atoms with E-state index in [-0.39, 0.29) is 11.9 Å². The van der Waals surface area contributed by atoms with Crippen molar-refractivity contribution >= 4 is 11.7 Å². The summed E-state index contributed by atoms with van der Waals surface area (Å²) in [6.45, 7) is 5.28. The fourth-order valence-electron chi connectivity index (χ4n) is 1.61. The molecular formula is C13H16N2O2. The number of carbonyl (C=O) groups is 1. The van der Waals surface area contributed by atoms with Crippen molar-refractivity contribution in [3.05, 3.63) is 41.2 Å². The maximum atomic E-state index is 11.0. The maximum Gasteiger partial charge on any atom is 0.308 e. The van der Waals surface area contributed by atoms with E-state index in [0.717, 1.165) is 12.0 Å². The van der Waals surface area contributed by atoms with E-state index >= 15 is 0 Å². The van der Waals surface area contributed by atoms with Crippen LogP contribution in [-0.2, 0) is 9.53 Å². The zero-order valence-corrected chi connectivity index (χ0v) is 10.3. The summed E-state index contributed by atoms with van der Waals surface area (Å²) in [5.41, 5.74) is 10.3. The zero-order chi connectivity index (χ0) is 12.8. The minimum absolute atomic E-state index is 0.0952. The number of hydrogen-bond acceptors (Lipinski definition) is 2. The van der Waals surface area contributed by atoms with Crippen molar-refractivity contribution in [2.75, 3.05) is 0 Å². The Morgan fingerprint density at radius 1 is 1.59 bits per heavy atom. The quantitative estimate of drug-likeness (QED) is 0.426. The Bertz CT molecular complexity index is 452. The van der Waals surface area contributed by atoms with Gasteiger partial charge >= 0.3 is 5.97 Å². The van der Waals surface area contributed by atoms with Gasteiger partial charge in [-0.15, -0.1) is 0 Å². The Morgan fingerprint density at radius 2 is 2.29 bits per heavy atom. The average Bonchev–Trinajstić information content (AvgIpc) is 2.28. The lowest BCUT2D eigenvalue weighted by atomic mass is 9.90. The van der Waals surface area contributed by atoms with E-state index in [1.807, 2.05) is 26.0 Å². The van der Waals surface area contributed by atoms with Gasteiger partial charge in [0, 0.05) is 18.6 Å². The summed E-state index contributed by atoms with van der Waals surface area (Å²) in [5, 5.41) is 0. The molecule has 0 heterocycles. The van der Waals surface area contributed by atoms with Gasteiger partial charge in [0.1, 0.15) is 5.76 Å². The average molecular weight is 232 g/mol. The summed E-state index contributed by atoms with van der Waals surface area (Å²) in [5.74, 6) is 0.0629. The Morgan fingerprint density at radius 3 is 2.82 bits per heavy atom. The third kappa shape index (κ3) is 3.26. The number of nitrogens with zero attached hydrogens (tertiary/aromatic N) is 2. The highest BCUT2D eigenvalue weighted by molar-refractivity contribution is 5.96. The van der Waals surface area contributed by atoms with Crippen molar-refractivity contribution in [2.24, 2.45) is 5.92 Å². The monoisotopic (exact) mass is 232 g/mol. The number of esters is 1. The summed E-state index contributed by atoms with van der Waals surface area (Å²) < 4.78 is 5.13. The first-order valence-electron chi connectivity index (χ1n) is 5.59. The van der Waals surface area contributed by atoms with Gasteiger partial charge in [0.15, 0.2) is 0 Å². The third-order valence-electron chi connectivity index (χ3n) is 2.50. The van der Waals surface area contributed by atoms with Gasteiger partial charge in [-0.2, -0.15) is 4.79 Å². The molecule has 17 heavy (non-hydrogen) atoms. The van der Waals surface area contributed by atoms with E-state index < -0.39 is 0 Å². The van der Waals surface area contributed by atoms with Crippen LogP contribution in [0.15, 0.2) is 35.6 Å². The minimum atomic E-state index is -0.358. The highest BCUT2D eigenvalue weighted by Gasteiger charge is 2.26. The van der Waals surface area contributed by atoms with Gasteiger partial charge in [-0.25, -0.2) is 0 Å². The predicted octanol–water partition coefficient (Wildman–Crippen LogP) is 2.65. The smallest absolute Gasteiger partial charge is 0.308 e. The second kappa shape index (κ2) is 5.97. The third-order valence-corrected chi connectivity index (χ3v) is 2.50. The standard InChI is InChI=1S/C13H16N2O2/c1-4-5-6-11-9(2)12(15-14)7-8-13(11)17-10(3)16/h5-9H,4H2,1-3H3. The van der Waals surface area contributed by atoms with Crippen molar-refractivity contribution in [1.29, 1.82) is 0 Å². The molecule has 0 fully saturated rings.